The lowest BCUT2D eigenvalue weighted by atomic mass is 9.95. The van der Waals surface area contributed by atoms with Crippen LogP contribution < -0.4 is 16.0 Å². The summed E-state index contributed by atoms with van der Waals surface area (Å²) >= 11 is 0. The molecule has 160 valence electrons. The van der Waals surface area contributed by atoms with Crippen LogP contribution in [0.5, 0.6) is 0 Å². The van der Waals surface area contributed by atoms with Crippen LogP contribution >= 0.6 is 12.4 Å². The number of nitrogens with two attached hydrogens (primary N) is 1. The summed E-state index contributed by atoms with van der Waals surface area (Å²) in [5.41, 5.74) is 7.46. The van der Waals surface area contributed by atoms with E-state index in [1.54, 1.807) is 9.80 Å². The van der Waals surface area contributed by atoms with Crippen molar-refractivity contribution >= 4 is 35.8 Å². The van der Waals surface area contributed by atoms with Crippen LogP contribution in [0.25, 0.3) is 0 Å². The number of carbonyl (C=O) groups is 3. The Morgan fingerprint density at radius 3 is 2.69 bits per heavy atom. The minimum atomic E-state index is -0.344. The fourth-order valence-corrected chi connectivity index (χ4v) is 4.17. The number of nitrogens with one attached hydrogen (secondary N) is 1. The number of piperidine rings is 1. The molecule has 1 aromatic rings. The number of likely N-dealkylation sites (tertiary alicyclic amines) is 1. The molecule has 3 amide bonds. The Morgan fingerprint density at radius 2 is 1.97 bits per heavy atom. The number of hydrogen-bond acceptors (Lipinski definition) is 4. The van der Waals surface area contributed by atoms with E-state index in [1.165, 1.54) is 0 Å². The van der Waals surface area contributed by atoms with Crippen molar-refractivity contribution in [1.82, 2.24) is 10.2 Å². The van der Waals surface area contributed by atoms with Crippen LogP contribution in [0.1, 0.15) is 31.7 Å². The van der Waals surface area contributed by atoms with Crippen LogP contribution in [0.15, 0.2) is 24.3 Å². The largest absolute Gasteiger partial charge is 0.355 e. The first-order valence-corrected chi connectivity index (χ1v) is 10.2. The summed E-state index contributed by atoms with van der Waals surface area (Å²) in [6, 6.07) is 7.86. The van der Waals surface area contributed by atoms with Gasteiger partial charge in [-0.15, -0.1) is 12.4 Å². The maximum atomic E-state index is 13.1. The van der Waals surface area contributed by atoms with Gasteiger partial charge in [0.25, 0.3) is 0 Å². The van der Waals surface area contributed by atoms with Gasteiger partial charge in [0.15, 0.2) is 0 Å². The minimum Gasteiger partial charge on any atom is -0.355 e. The number of carbonyl (C=O) groups excluding carboxylic acids is 3. The monoisotopic (exact) mass is 422 g/mol. The number of rotatable bonds is 6. The summed E-state index contributed by atoms with van der Waals surface area (Å²) in [6.45, 7) is 4.40. The minimum absolute atomic E-state index is 0. The van der Waals surface area contributed by atoms with E-state index in [1.807, 2.05) is 24.3 Å². The van der Waals surface area contributed by atoms with E-state index in [0.717, 1.165) is 30.5 Å². The van der Waals surface area contributed by atoms with E-state index in [9.17, 15) is 14.4 Å². The van der Waals surface area contributed by atoms with Gasteiger partial charge in [-0.25, -0.2) is 0 Å². The number of para-hydroxylation sites is 1. The summed E-state index contributed by atoms with van der Waals surface area (Å²) in [5.74, 6) is -0.597. The summed E-state index contributed by atoms with van der Waals surface area (Å²) in [6.07, 6.45) is 2.65. The van der Waals surface area contributed by atoms with Crippen molar-refractivity contribution in [1.29, 1.82) is 0 Å². The number of anilines is 1. The normalized spacial score (nSPS) is 21.7. The molecule has 7 nitrogen and oxygen atoms in total. The Bertz CT molecular complexity index is 742. The number of amides is 3. The molecular formula is C21H31ClN4O3. The molecule has 8 heteroatoms. The maximum absolute atomic E-state index is 13.1. The maximum Gasteiger partial charge on any atom is 0.228 e. The van der Waals surface area contributed by atoms with Crippen molar-refractivity contribution < 1.29 is 14.4 Å². The van der Waals surface area contributed by atoms with Crippen molar-refractivity contribution in [3.63, 3.8) is 0 Å². The van der Waals surface area contributed by atoms with Gasteiger partial charge in [0.2, 0.25) is 17.7 Å². The van der Waals surface area contributed by atoms with Gasteiger partial charge in [-0.2, -0.15) is 0 Å². The molecular weight excluding hydrogens is 392 g/mol. The molecule has 2 fully saturated rings. The molecule has 3 rings (SSSR count). The summed E-state index contributed by atoms with van der Waals surface area (Å²) < 4.78 is 0. The zero-order chi connectivity index (χ0) is 20.1. The van der Waals surface area contributed by atoms with Crippen molar-refractivity contribution in [2.75, 3.05) is 37.6 Å². The van der Waals surface area contributed by atoms with E-state index in [0.29, 0.717) is 32.7 Å². The summed E-state index contributed by atoms with van der Waals surface area (Å²) in [7, 11) is 0. The Kier molecular flexibility index (Phi) is 8.46. The smallest absolute Gasteiger partial charge is 0.228 e. The molecule has 29 heavy (non-hydrogen) atoms. The second kappa shape index (κ2) is 10.6. The van der Waals surface area contributed by atoms with Crippen molar-refractivity contribution in [2.24, 2.45) is 17.6 Å². The third-order valence-corrected chi connectivity index (χ3v) is 5.69. The first-order valence-electron chi connectivity index (χ1n) is 10.2. The van der Waals surface area contributed by atoms with Gasteiger partial charge in [0.05, 0.1) is 11.8 Å². The lowest BCUT2D eigenvalue weighted by molar-refractivity contribution is -0.139. The fourth-order valence-electron chi connectivity index (χ4n) is 4.17. The van der Waals surface area contributed by atoms with Gasteiger partial charge in [0.1, 0.15) is 0 Å². The molecule has 0 saturated carbocycles. The number of halogens is 1. The number of hydrogen-bond donors (Lipinski definition) is 2. The molecule has 3 N–H and O–H groups in total. The number of nitrogens with zero attached hydrogens (tertiary/aromatic N) is 2. The highest BCUT2D eigenvalue weighted by Crippen LogP contribution is 2.30. The lowest BCUT2D eigenvalue weighted by Crippen LogP contribution is -2.48. The van der Waals surface area contributed by atoms with Crippen molar-refractivity contribution in [3.8, 4) is 0 Å². The Labute approximate surface area is 178 Å². The van der Waals surface area contributed by atoms with Crippen molar-refractivity contribution in [3.05, 3.63) is 29.8 Å². The van der Waals surface area contributed by atoms with Crippen molar-refractivity contribution in [2.45, 2.75) is 32.6 Å². The average Bonchev–Trinajstić information content (AvgIpc) is 3.12. The molecule has 2 saturated heterocycles. The number of benzene rings is 1. The van der Waals surface area contributed by atoms with Crippen LogP contribution in [0.4, 0.5) is 5.69 Å². The summed E-state index contributed by atoms with van der Waals surface area (Å²) in [4.78, 5) is 41.4. The highest BCUT2D eigenvalue weighted by molar-refractivity contribution is 6.01. The Balaban J connectivity index is 0.00000300. The predicted molar refractivity (Wildman–Crippen MR) is 115 cm³/mol. The molecule has 1 aromatic carbocycles. The second-order valence-corrected chi connectivity index (χ2v) is 7.59. The van der Waals surface area contributed by atoms with Gasteiger partial charge in [-0.05, 0) is 30.9 Å². The Morgan fingerprint density at radius 1 is 1.21 bits per heavy atom. The zero-order valence-electron chi connectivity index (χ0n) is 16.9. The van der Waals surface area contributed by atoms with Gasteiger partial charge in [0, 0.05) is 44.8 Å². The first kappa shape index (κ1) is 23.2. The number of aryl methyl sites for hydroxylation is 1. The third kappa shape index (κ3) is 5.28. The lowest BCUT2D eigenvalue weighted by Gasteiger charge is -2.33. The molecule has 0 aromatic heterocycles. The highest BCUT2D eigenvalue weighted by atomic mass is 35.5. The summed E-state index contributed by atoms with van der Waals surface area (Å²) in [5, 5.41) is 2.82. The van der Waals surface area contributed by atoms with Crippen LogP contribution in [0.2, 0.25) is 0 Å². The van der Waals surface area contributed by atoms with Gasteiger partial charge in [-0.1, -0.05) is 25.1 Å². The van der Waals surface area contributed by atoms with Gasteiger partial charge >= 0.3 is 0 Å². The standard InChI is InChI=1S/C21H30N4O3.ClH/c1-2-15-6-3-4-8-18(15)25-14-17(12-19(25)26)21(28)24-11-5-7-16(13-24)20(27)23-10-9-22;/h3-4,6,8,16-17H,2,5,7,9-14,22H2,1H3,(H,23,27);1H. The SMILES string of the molecule is CCc1ccccc1N1CC(C(=O)N2CCCC(C(=O)NCCN)C2)CC1=O.Cl. The third-order valence-electron chi connectivity index (χ3n) is 5.69. The molecule has 0 aliphatic carbocycles. The van der Waals surface area contributed by atoms with Crippen LogP contribution in [0, 0.1) is 11.8 Å². The average molecular weight is 423 g/mol. The quantitative estimate of drug-likeness (QED) is 0.723. The van der Waals surface area contributed by atoms with E-state index >= 15 is 0 Å². The van der Waals surface area contributed by atoms with Crippen LogP contribution in [-0.2, 0) is 20.8 Å². The van der Waals surface area contributed by atoms with Gasteiger partial charge < -0.3 is 20.9 Å². The molecule has 2 heterocycles. The predicted octanol–water partition coefficient (Wildman–Crippen LogP) is 1.34. The molecule has 2 unspecified atom stereocenters. The van der Waals surface area contributed by atoms with Gasteiger partial charge in [-0.3, -0.25) is 14.4 Å². The van der Waals surface area contributed by atoms with E-state index in [-0.39, 0.29) is 48.4 Å². The van der Waals surface area contributed by atoms with Crippen LogP contribution in [-0.4, -0.2) is 55.3 Å². The first-order chi connectivity index (χ1) is 13.5. The Hall–Kier alpha value is -2.12. The molecule has 2 aliphatic rings. The van der Waals surface area contributed by atoms with E-state index in [2.05, 4.69) is 12.2 Å². The topological polar surface area (TPSA) is 95.7 Å². The molecule has 0 bridgehead atoms. The second-order valence-electron chi connectivity index (χ2n) is 7.59. The molecule has 2 atom stereocenters. The van der Waals surface area contributed by atoms with Crippen LogP contribution in [0.3, 0.4) is 0 Å². The van der Waals surface area contributed by atoms with E-state index < -0.39 is 0 Å². The molecule has 2 aliphatic heterocycles. The molecule has 0 radical (unpaired) electrons. The molecule has 0 spiro atoms. The zero-order valence-corrected chi connectivity index (χ0v) is 17.7. The highest BCUT2D eigenvalue weighted by Gasteiger charge is 2.39. The fraction of sp³-hybridized carbons (Fsp3) is 0.571. The van der Waals surface area contributed by atoms with E-state index in [4.69, 9.17) is 5.73 Å².